The van der Waals surface area contributed by atoms with Crippen molar-refractivity contribution in [3.05, 3.63) is 58.4 Å². The topological polar surface area (TPSA) is 86.1 Å². The lowest BCUT2D eigenvalue weighted by Crippen LogP contribution is -2.35. The van der Waals surface area contributed by atoms with Crippen molar-refractivity contribution in [2.75, 3.05) is 6.26 Å². The predicted molar refractivity (Wildman–Crippen MR) is 105 cm³/mol. The summed E-state index contributed by atoms with van der Waals surface area (Å²) in [6.07, 6.45) is -2.87. The summed E-state index contributed by atoms with van der Waals surface area (Å²) in [7, 11) is 0. The molecule has 30 heavy (non-hydrogen) atoms. The molecule has 158 valence electrons. The summed E-state index contributed by atoms with van der Waals surface area (Å²) in [5.41, 5.74) is 0.571. The van der Waals surface area contributed by atoms with Crippen LogP contribution in [0.4, 0.5) is 13.2 Å². The number of aromatic nitrogens is 3. The van der Waals surface area contributed by atoms with Crippen molar-refractivity contribution in [3.8, 4) is 5.75 Å². The van der Waals surface area contributed by atoms with Crippen LogP contribution in [-0.2, 0) is 11.3 Å². The lowest BCUT2D eigenvalue weighted by Gasteiger charge is -2.15. The normalized spacial score (nSPS) is 12.6. The average molecular weight is 438 g/mol. The molecule has 0 unspecified atom stereocenters. The molecule has 11 heteroatoms. The van der Waals surface area contributed by atoms with Gasteiger partial charge in [-0.3, -0.25) is 9.59 Å². The van der Waals surface area contributed by atoms with E-state index in [0.29, 0.717) is 16.5 Å². The van der Waals surface area contributed by atoms with Gasteiger partial charge in [0.05, 0.1) is 11.4 Å². The number of hydrogen-bond donors (Lipinski definition) is 1. The van der Waals surface area contributed by atoms with E-state index in [1.165, 1.54) is 23.9 Å². The van der Waals surface area contributed by atoms with Crippen LogP contribution in [-0.4, -0.2) is 33.5 Å². The van der Waals surface area contributed by atoms with Crippen LogP contribution in [0.2, 0.25) is 0 Å². The minimum Gasteiger partial charge on any atom is -0.406 e. The molecule has 0 saturated heterocycles. The van der Waals surface area contributed by atoms with Gasteiger partial charge in [0.2, 0.25) is 5.91 Å². The van der Waals surface area contributed by atoms with Crippen LogP contribution in [0.3, 0.4) is 0 Å². The van der Waals surface area contributed by atoms with Gasteiger partial charge in [-0.05, 0) is 49.1 Å². The molecule has 1 N–H and O–H groups in total. The van der Waals surface area contributed by atoms with Crippen LogP contribution in [0.5, 0.6) is 5.75 Å². The molecule has 0 spiro atoms. The Kier molecular flexibility index (Phi) is 6.30. The van der Waals surface area contributed by atoms with E-state index in [9.17, 15) is 22.8 Å². The molecule has 7 nitrogen and oxygen atoms in total. The van der Waals surface area contributed by atoms with Crippen molar-refractivity contribution in [3.63, 3.8) is 0 Å². The van der Waals surface area contributed by atoms with Gasteiger partial charge in [0, 0.05) is 4.90 Å². The molecule has 0 fully saturated rings. The number of nitrogens with one attached hydrogen (secondary N) is 1. The Morgan fingerprint density at radius 3 is 2.57 bits per heavy atom. The average Bonchev–Trinajstić information content (AvgIpc) is 2.69. The highest BCUT2D eigenvalue weighted by Gasteiger charge is 2.31. The highest BCUT2D eigenvalue weighted by Crippen LogP contribution is 2.24. The Balaban J connectivity index is 1.68. The van der Waals surface area contributed by atoms with Gasteiger partial charge < -0.3 is 10.1 Å². The number of benzene rings is 2. The highest BCUT2D eigenvalue weighted by atomic mass is 32.2. The first-order chi connectivity index (χ1) is 14.2. The lowest BCUT2D eigenvalue weighted by molar-refractivity contribution is -0.274. The first-order valence-corrected chi connectivity index (χ1v) is 9.95. The molecule has 0 aliphatic carbocycles. The van der Waals surface area contributed by atoms with Gasteiger partial charge in [-0.15, -0.1) is 30.0 Å². The summed E-state index contributed by atoms with van der Waals surface area (Å²) in [6.45, 7) is 1.32. The summed E-state index contributed by atoms with van der Waals surface area (Å²) < 4.78 is 41.5. The fourth-order valence-electron chi connectivity index (χ4n) is 2.75. The van der Waals surface area contributed by atoms with E-state index >= 15 is 0 Å². The second kappa shape index (κ2) is 8.74. The molecule has 0 saturated carbocycles. The summed E-state index contributed by atoms with van der Waals surface area (Å²) in [5, 5.41) is 10.8. The number of ether oxygens (including phenoxy) is 1. The predicted octanol–water partition coefficient (Wildman–Crippen LogP) is 3.29. The second-order valence-corrected chi connectivity index (χ2v) is 7.22. The van der Waals surface area contributed by atoms with Crippen LogP contribution >= 0.6 is 11.8 Å². The van der Waals surface area contributed by atoms with Crippen molar-refractivity contribution < 1.29 is 22.7 Å². The summed E-state index contributed by atoms with van der Waals surface area (Å²) >= 11 is 1.51. The number of fused-ring (bicyclic) bond motifs is 1. The van der Waals surface area contributed by atoms with Crippen LogP contribution in [0.25, 0.3) is 10.9 Å². The zero-order valence-corrected chi connectivity index (χ0v) is 16.8. The largest absolute Gasteiger partial charge is 0.573 e. The van der Waals surface area contributed by atoms with E-state index in [2.05, 4.69) is 20.4 Å². The lowest BCUT2D eigenvalue weighted by atomic mass is 10.1. The Hall–Kier alpha value is -3.08. The standard InChI is InChI=1S/C19H17F3N4O3S/c1-11(12-3-5-13(6-4-12)29-19(20,21)22)23-17(27)10-26-18(28)15-8-7-14(30-2)9-16(15)24-25-26/h3-9,11H,10H2,1-2H3,(H,23,27)/t11-/m0/s1. The third kappa shape index (κ3) is 5.29. The van der Waals surface area contributed by atoms with Crippen LogP contribution in [0, 0.1) is 0 Å². The van der Waals surface area contributed by atoms with Crippen molar-refractivity contribution in [2.24, 2.45) is 0 Å². The number of carbonyl (C=O) groups is 1. The Morgan fingerprint density at radius 2 is 1.93 bits per heavy atom. The van der Waals surface area contributed by atoms with E-state index < -0.39 is 23.9 Å². The molecule has 0 radical (unpaired) electrons. The molecule has 3 rings (SSSR count). The number of thioether (sulfide) groups is 1. The van der Waals surface area contributed by atoms with Crippen molar-refractivity contribution in [2.45, 2.75) is 30.8 Å². The quantitative estimate of drug-likeness (QED) is 0.595. The van der Waals surface area contributed by atoms with Gasteiger partial charge in [-0.2, -0.15) is 0 Å². The molecule has 1 aromatic heterocycles. The zero-order valence-electron chi connectivity index (χ0n) is 15.9. The first kappa shape index (κ1) is 21.6. The number of rotatable bonds is 6. The molecule has 0 aliphatic heterocycles. The first-order valence-electron chi connectivity index (χ1n) is 8.73. The molecule has 0 aliphatic rings. The van der Waals surface area contributed by atoms with E-state index in [-0.39, 0.29) is 12.3 Å². The van der Waals surface area contributed by atoms with Gasteiger partial charge >= 0.3 is 6.36 Å². The molecule has 3 aromatic rings. The van der Waals surface area contributed by atoms with Gasteiger partial charge in [0.1, 0.15) is 17.8 Å². The number of hydrogen-bond acceptors (Lipinski definition) is 6. The summed E-state index contributed by atoms with van der Waals surface area (Å²) in [6, 6.07) is 9.81. The van der Waals surface area contributed by atoms with Crippen molar-refractivity contribution in [1.82, 2.24) is 20.3 Å². The van der Waals surface area contributed by atoms with Gasteiger partial charge in [-0.1, -0.05) is 17.3 Å². The highest BCUT2D eigenvalue weighted by molar-refractivity contribution is 7.98. The Labute approximate surface area is 173 Å². The Morgan fingerprint density at radius 1 is 1.23 bits per heavy atom. The second-order valence-electron chi connectivity index (χ2n) is 6.34. The monoisotopic (exact) mass is 438 g/mol. The molecule has 1 amide bonds. The maximum atomic E-state index is 12.5. The Bertz CT molecular complexity index is 1120. The maximum Gasteiger partial charge on any atom is 0.573 e. The van der Waals surface area contributed by atoms with Crippen LogP contribution in [0.15, 0.2) is 52.2 Å². The molecule has 0 bridgehead atoms. The smallest absolute Gasteiger partial charge is 0.406 e. The number of halogens is 3. The third-order valence-electron chi connectivity index (χ3n) is 4.21. The molecule has 2 aromatic carbocycles. The number of nitrogens with zero attached hydrogens (tertiary/aromatic N) is 3. The van der Waals surface area contributed by atoms with E-state index in [1.54, 1.807) is 25.1 Å². The number of alkyl halides is 3. The minimum absolute atomic E-state index is 0.342. The SMILES string of the molecule is CSc1ccc2c(=O)n(CC(=O)N[C@@H](C)c3ccc(OC(F)(F)F)cc3)nnc2c1. The van der Waals surface area contributed by atoms with Crippen LogP contribution in [0.1, 0.15) is 18.5 Å². The van der Waals surface area contributed by atoms with E-state index in [0.717, 1.165) is 21.7 Å². The minimum atomic E-state index is -4.77. The zero-order chi connectivity index (χ0) is 21.9. The fraction of sp³-hybridized carbons (Fsp3) is 0.263. The number of amides is 1. The van der Waals surface area contributed by atoms with Crippen molar-refractivity contribution >= 4 is 28.6 Å². The maximum absolute atomic E-state index is 12.5. The molecule has 1 atom stereocenters. The fourth-order valence-corrected chi connectivity index (χ4v) is 3.19. The number of carbonyl (C=O) groups excluding carboxylic acids is 1. The van der Waals surface area contributed by atoms with E-state index in [1.807, 2.05) is 6.26 Å². The van der Waals surface area contributed by atoms with Gasteiger partial charge in [0.15, 0.2) is 0 Å². The summed E-state index contributed by atoms with van der Waals surface area (Å²) in [5.74, 6) is -0.845. The van der Waals surface area contributed by atoms with Crippen LogP contribution < -0.4 is 15.6 Å². The van der Waals surface area contributed by atoms with Crippen molar-refractivity contribution in [1.29, 1.82) is 0 Å². The third-order valence-corrected chi connectivity index (χ3v) is 4.94. The molecular weight excluding hydrogens is 421 g/mol. The van der Waals surface area contributed by atoms with Gasteiger partial charge in [-0.25, -0.2) is 4.68 Å². The molecular formula is C19H17F3N4O3S. The molecule has 1 heterocycles. The summed E-state index contributed by atoms with van der Waals surface area (Å²) in [4.78, 5) is 25.8. The van der Waals surface area contributed by atoms with Gasteiger partial charge in [0.25, 0.3) is 5.56 Å². The van der Waals surface area contributed by atoms with E-state index in [4.69, 9.17) is 0 Å².